The number of aliphatic hydroxyl groups excluding tert-OH is 1. The molecule has 6 rings (SSSR count). The van der Waals surface area contributed by atoms with Crippen LogP contribution in [0.2, 0.25) is 0 Å². The molecule has 43 heavy (non-hydrogen) atoms. The van der Waals surface area contributed by atoms with Crippen LogP contribution in [-0.4, -0.2) is 46.9 Å². The summed E-state index contributed by atoms with van der Waals surface area (Å²) in [6.45, 7) is 12.1. The molecule has 1 saturated heterocycles. The fourth-order valence-electron chi connectivity index (χ4n) is 11.5. The molecule has 1 amide bonds. The fraction of sp³-hybridized carbons (Fsp3) is 0.784. The van der Waals surface area contributed by atoms with E-state index in [4.69, 9.17) is 9.47 Å². The molecule has 5 aliphatic rings. The number of likely N-dealkylation sites (tertiary alicyclic amines) is 1. The number of nitrogens with zero attached hydrogens (tertiary/aromatic N) is 1. The molecule has 1 aromatic carbocycles. The Kier molecular flexibility index (Phi) is 8.65. The van der Waals surface area contributed by atoms with Gasteiger partial charge in [0.25, 0.3) is 0 Å². The van der Waals surface area contributed by atoms with Crippen LogP contribution in [0.4, 0.5) is 4.79 Å². The second-order valence-corrected chi connectivity index (χ2v) is 15.8. The molecular formula is C37H55NO5. The summed E-state index contributed by atoms with van der Waals surface area (Å²) in [5.41, 5.74) is 1.39. The predicted octanol–water partition coefficient (Wildman–Crippen LogP) is 7.62. The van der Waals surface area contributed by atoms with E-state index in [-0.39, 0.29) is 47.6 Å². The first-order chi connectivity index (χ1) is 20.5. The zero-order valence-electron chi connectivity index (χ0n) is 27.2. The van der Waals surface area contributed by atoms with Gasteiger partial charge in [0, 0.05) is 19.5 Å². The number of carbonyl (C=O) groups is 2. The lowest BCUT2D eigenvalue weighted by Gasteiger charge is -2.61. The van der Waals surface area contributed by atoms with Crippen molar-refractivity contribution in [2.24, 2.45) is 52.3 Å². The lowest BCUT2D eigenvalue weighted by atomic mass is 9.44. The molecule has 4 aliphatic carbocycles. The highest BCUT2D eigenvalue weighted by Gasteiger charge is 2.63. The van der Waals surface area contributed by atoms with Crippen LogP contribution in [0.3, 0.4) is 0 Å². The van der Waals surface area contributed by atoms with Gasteiger partial charge in [-0.05, 0) is 122 Å². The van der Waals surface area contributed by atoms with E-state index in [2.05, 4.69) is 27.7 Å². The van der Waals surface area contributed by atoms with Crippen molar-refractivity contribution in [1.82, 2.24) is 4.90 Å². The van der Waals surface area contributed by atoms with Gasteiger partial charge in [-0.3, -0.25) is 4.79 Å². The minimum absolute atomic E-state index is 0.0834. The number of carbonyl (C=O) groups excluding carboxylic acids is 2. The summed E-state index contributed by atoms with van der Waals surface area (Å²) in [5.74, 6) is 3.18. The zero-order valence-corrected chi connectivity index (χ0v) is 27.2. The molecule has 0 aromatic heterocycles. The van der Waals surface area contributed by atoms with Crippen LogP contribution in [0.5, 0.6) is 0 Å². The number of ether oxygens (including phenoxy) is 2. The van der Waals surface area contributed by atoms with Gasteiger partial charge < -0.3 is 19.5 Å². The minimum Gasteiger partial charge on any atom is -0.463 e. The first-order valence-electron chi connectivity index (χ1n) is 17.3. The number of esters is 1. The number of hydrogen-bond donors (Lipinski definition) is 1. The van der Waals surface area contributed by atoms with E-state index in [0.717, 1.165) is 57.1 Å². The molecule has 4 saturated carbocycles. The third kappa shape index (κ3) is 5.64. The van der Waals surface area contributed by atoms with Crippen LogP contribution < -0.4 is 0 Å². The normalized spacial score (nSPS) is 43.1. The minimum atomic E-state index is -0.324. The number of aliphatic hydroxyl groups is 1. The van der Waals surface area contributed by atoms with Crippen molar-refractivity contribution in [2.75, 3.05) is 6.54 Å². The maximum atomic E-state index is 13.5. The Morgan fingerprint density at radius 1 is 0.977 bits per heavy atom. The highest BCUT2D eigenvalue weighted by molar-refractivity contribution is 5.68. The van der Waals surface area contributed by atoms with E-state index >= 15 is 0 Å². The van der Waals surface area contributed by atoms with Crippen LogP contribution in [0.1, 0.15) is 104 Å². The second kappa shape index (κ2) is 12.0. The lowest BCUT2D eigenvalue weighted by molar-refractivity contribution is -0.161. The Labute approximate surface area is 259 Å². The summed E-state index contributed by atoms with van der Waals surface area (Å²) in [6, 6.07) is 10.0. The van der Waals surface area contributed by atoms with Crippen molar-refractivity contribution in [3.8, 4) is 0 Å². The van der Waals surface area contributed by atoms with E-state index in [1.54, 1.807) is 0 Å². The van der Waals surface area contributed by atoms with Crippen LogP contribution in [0.15, 0.2) is 30.3 Å². The lowest BCUT2D eigenvalue weighted by Crippen LogP contribution is -2.56. The third-order valence-corrected chi connectivity index (χ3v) is 13.5. The van der Waals surface area contributed by atoms with E-state index in [9.17, 15) is 14.7 Å². The molecule has 12 atom stereocenters. The van der Waals surface area contributed by atoms with Crippen molar-refractivity contribution >= 4 is 12.1 Å². The summed E-state index contributed by atoms with van der Waals surface area (Å²) < 4.78 is 11.6. The molecule has 0 radical (unpaired) electrons. The van der Waals surface area contributed by atoms with Gasteiger partial charge in [0.15, 0.2) is 0 Å². The Morgan fingerprint density at radius 2 is 1.72 bits per heavy atom. The number of amides is 1. The molecule has 6 nitrogen and oxygen atoms in total. The number of fused-ring (bicyclic) bond motifs is 5. The number of piperidine rings is 1. The maximum Gasteiger partial charge on any atom is 0.410 e. The Bertz CT molecular complexity index is 1160. The molecule has 1 heterocycles. The maximum absolute atomic E-state index is 13.5. The van der Waals surface area contributed by atoms with Gasteiger partial charge in [-0.1, -0.05) is 58.0 Å². The van der Waals surface area contributed by atoms with E-state index in [0.29, 0.717) is 41.6 Å². The Morgan fingerprint density at radius 3 is 2.47 bits per heavy atom. The second-order valence-electron chi connectivity index (χ2n) is 15.8. The predicted molar refractivity (Wildman–Crippen MR) is 167 cm³/mol. The van der Waals surface area contributed by atoms with Crippen LogP contribution in [0.25, 0.3) is 0 Å². The summed E-state index contributed by atoms with van der Waals surface area (Å²) in [7, 11) is 0. The van der Waals surface area contributed by atoms with Gasteiger partial charge in [0.1, 0.15) is 12.7 Å². The SMILES string of the molecule is CC(=O)OC1CC[C@@]2(C)C(CC[C@@H]3[C@@H]2CC[C@]2(C)C(C(C)C4CCC(C)CN4C(=O)OCc4ccccc4)C(O)C[C@@H]32)C1. The van der Waals surface area contributed by atoms with Crippen molar-refractivity contribution in [2.45, 2.75) is 124 Å². The molecule has 1 N–H and O–H groups in total. The molecule has 5 fully saturated rings. The van der Waals surface area contributed by atoms with Gasteiger partial charge in [-0.15, -0.1) is 0 Å². The van der Waals surface area contributed by atoms with Gasteiger partial charge in [-0.2, -0.15) is 0 Å². The van der Waals surface area contributed by atoms with E-state index in [1.807, 2.05) is 35.2 Å². The molecule has 1 aliphatic heterocycles. The van der Waals surface area contributed by atoms with Gasteiger partial charge in [-0.25, -0.2) is 4.79 Å². The molecule has 6 heteroatoms. The fourth-order valence-corrected chi connectivity index (χ4v) is 11.5. The smallest absolute Gasteiger partial charge is 0.410 e. The first kappa shape index (κ1) is 30.9. The monoisotopic (exact) mass is 593 g/mol. The van der Waals surface area contributed by atoms with Crippen LogP contribution in [-0.2, 0) is 20.9 Å². The summed E-state index contributed by atoms with van der Waals surface area (Å²) in [4.78, 5) is 27.2. The Balaban J connectivity index is 1.17. The largest absolute Gasteiger partial charge is 0.463 e. The molecule has 0 bridgehead atoms. The summed E-state index contributed by atoms with van der Waals surface area (Å²) >= 11 is 0. The van der Waals surface area contributed by atoms with Gasteiger partial charge >= 0.3 is 12.1 Å². The summed E-state index contributed by atoms with van der Waals surface area (Å²) in [6.07, 6.45) is 10.5. The summed E-state index contributed by atoms with van der Waals surface area (Å²) in [5, 5.41) is 11.8. The topological polar surface area (TPSA) is 76.1 Å². The average Bonchev–Trinajstić information content (AvgIpc) is 3.25. The third-order valence-electron chi connectivity index (χ3n) is 13.5. The number of benzene rings is 1. The molecule has 7 unspecified atom stereocenters. The van der Waals surface area contributed by atoms with Crippen molar-refractivity contribution in [3.63, 3.8) is 0 Å². The first-order valence-corrected chi connectivity index (χ1v) is 17.3. The molecule has 238 valence electrons. The van der Waals surface area contributed by atoms with Crippen molar-refractivity contribution in [1.29, 1.82) is 0 Å². The van der Waals surface area contributed by atoms with E-state index < -0.39 is 0 Å². The molecular weight excluding hydrogens is 538 g/mol. The number of hydrogen-bond acceptors (Lipinski definition) is 5. The van der Waals surface area contributed by atoms with E-state index in [1.165, 1.54) is 26.2 Å². The quantitative estimate of drug-likeness (QED) is 0.356. The highest BCUT2D eigenvalue weighted by atomic mass is 16.6. The number of rotatable bonds is 5. The standard InChI is InChI=1S/C37H55NO5/c1-23-11-14-32(38(21-23)35(41)42-22-26-9-7-6-8-10-26)24(2)34-33(40)20-31-29-13-12-27-19-28(43-25(3)39)15-17-36(27,4)30(29)16-18-37(31,34)5/h6-10,23-24,27-34,40H,11-22H2,1-5H3/t23?,24?,27?,28?,29-,30+,31+,32?,33?,34?,36+,37+/m1/s1. The Hall–Kier alpha value is -2.08. The average molecular weight is 594 g/mol. The zero-order chi connectivity index (χ0) is 30.5. The molecule has 1 aromatic rings. The van der Waals surface area contributed by atoms with Crippen LogP contribution in [0, 0.1) is 52.3 Å². The molecule has 0 spiro atoms. The van der Waals surface area contributed by atoms with Crippen molar-refractivity contribution in [3.05, 3.63) is 35.9 Å². The van der Waals surface area contributed by atoms with Crippen LogP contribution >= 0.6 is 0 Å². The van der Waals surface area contributed by atoms with Gasteiger partial charge in [0.05, 0.1) is 6.10 Å². The highest BCUT2D eigenvalue weighted by Crippen LogP contribution is 2.68. The van der Waals surface area contributed by atoms with Crippen molar-refractivity contribution < 1.29 is 24.2 Å². The van der Waals surface area contributed by atoms with Gasteiger partial charge in [0.2, 0.25) is 0 Å².